The lowest BCUT2D eigenvalue weighted by Gasteiger charge is -2.28. The number of carboxylic acid groups (broad SMARTS) is 1. The Morgan fingerprint density at radius 2 is 1.92 bits per heavy atom. The number of carboxylic acids is 1. The zero-order valence-corrected chi connectivity index (χ0v) is 8.29. The van der Waals surface area contributed by atoms with Gasteiger partial charge in [0.1, 0.15) is 0 Å². The number of nitrogens with two attached hydrogens (primary N) is 1. The van der Waals surface area contributed by atoms with E-state index in [4.69, 9.17) is 10.8 Å². The van der Waals surface area contributed by atoms with Crippen LogP contribution in [0, 0.1) is 11.3 Å². The van der Waals surface area contributed by atoms with Gasteiger partial charge < -0.3 is 10.8 Å². The van der Waals surface area contributed by atoms with Gasteiger partial charge in [0.15, 0.2) is 0 Å². The predicted octanol–water partition coefficient (Wildman–Crippen LogP) is 1.47. The van der Waals surface area contributed by atoms with Crippen LogP contribution < -0.4 is 5.73 Å². The first kappa shape index (κ1) is 11.4. The monoisotopic (exact) mass is 173 g/mol. The van der Waals surface area contributed by atoms with E-state index in [1.54, 1.807) is 13.8 Å². The Hall–Kier alpha value is -0.570. The summed E-state index contributed by atoms with van der Waals surface area (Å²) in [6.07, 6.45) is 0.749. The zero-order valence-electron chi connectivity index (χ0n) is 8.29. The highest BCUT2D eigenvalue weighted by Gasteiger charge is 2.34. The van der Waals surface area contributed by atoms with Crippen LogP contribution in [0.15, 0.2) is 0 Å². The fraction of sp³-hybridized carbons (Fsp3) is 0.889. The molecule has 0 rings (SSSR count). The number of hydrogen-bond donors (Lipinski definition) is 2. The van der Waals surface area contributed by atoms with E-state index in [-0.39, 0.29) is 6.04 Å². The van der Waals surface area contributed by atoms with Gasteiger partial charge in [-0.1, -0.05) is 13.8 Å². The van der Waals surface area contributed by atoms with Gasteiger partial charge in [0.25, 0.3) is 0 Å². The fourth-order valence-electron chi connectivity index (χ4n) is 0.961. The number of carbonyl (C=O) groups is 1. The smallest absolute Gasteiger partial charge is 0.310 e. The first-order valence-corrected chi connectivity index (χ1v) is 4.27. The molecule has 72 valence electrons. The Morgan fingerprint density at radius 3 is 2.17 bits per heavy atom. The summed E-state index contributed by atoms with van der Waals surface area (Å²) in [5.74, 6) is -0.380. The standard InChI is InChI=1S/C9H19NO2/c1-6(2)5-7(10)9(3,4)8(11)12/h6-7H,5,10H2,1-4H3,(H,11,12). The third-order valence-corrected chi connectivity index (χ3v) is 2.20. The van der Waals surface area contributed by atoms with Crippen molar-refractivity contribution in [2.45, 2.75) is 40.2 Å². The quantitative estimate of drug-likeness (QED) is 0.676. The van der Waals surface area contributed by atoms with Gasteiger partial charge in [-0.2, -0.15) is 0 Å². The molecule has 0 fully saturated rings. The van der Waals surface area contributed by atoms with Gasteiger partial charge in [-0.05, 0) is 26.2 Å². The maximum Gasteiger partial charge on any atom is 0.310 e. The molecule has 0 saturated carbocycles. The van der Waals surface area contributed by atoms with E-state index in [0.717, 1.165) is 6.42 Å². The van der Waals surface area contributed by atoms with Gasteiger partial charge in [0.05, 0.1) is 5.41 Å². The van der Waals surface area contributed by atoms with E-state index in [1.165, 1.54) is 0 Å². The Kier molecular flexibility index (Phi) is 3.71. The minimum absolute atomic E-state index is 0.269. The normalized spacial score (nSPS) is 14.8. The molecule has 0 aliphatic rings. The maximum atomic E-state index is 10.8. The van der Waals surface area contributed by atoms with Crippen molar-refractivity contribution in [3.63, 3.8) is 0 Å². The molecule has 3 heteroatoms. The van der Waals surface area contributed by atoms with Crippen molar-refractivity contribution >= 4 is 5.97 Å². The lowest BCUT2D eigenvalue weighted by molar-refractivity contribution is -0.148. The SMILES string of the molecule is CC(C)CC(N)C(C)(C)C(=O)O. The van der Waals surface area contributed by atoms with Crippen LogP contribution in [0.2, 0.25) is 0 Å². The van der Waals surface area contributed by atoms with Crippen LogP contribution in [-0.4, -0.2) is 17.1 Å². The van der Waals surface area contributed by atoms with Crippen LogP contribution >= 0.6 is 0 Å². The average Bonchev–Trinajstić information content (AvgIpc) is 1.85. The van der Waals surface area contributed by atoms with Crippen LogP contribution in [0.25, 0.3) is 0 Å². The Morgan fingerprint density at radius 1 is 1.50 bits per heavy atom. The largest absolute Gasteiger partial charge is 0.481 e. The number of aliphatic carboxylic acids is 1. The molecule has 0 radical (unpaired) electrons. The van der Waals surface area contributed by atoms with Crippen molar-refractivity contribution in [2.24, 2.45) is 17.1 Å². The molecule has 0 bridgehead atoms. The second kappa shape index (κ2) is 3.90. The van der Waals surface area contributed by atoms with E-state index < -0.39 is 11.4 Å². The molecule has 0 amide bonds. The molecular weight excluding hydrogens is 154 g/mol. The summed E-state index contributed by atoms with van der Waals surface area (Å²) in [4.78, 5) is 10.8. The van der Waals surface area contributed by atoms with E-state index in [1.807, 2.05) is 13.8 Å². The van der Waals surface area contributed by atoms with Crippen molar-refractivity contribution in [3.05, 3.63) is 0 Å². The summed E-state index contributed by atoms with van der Waals surface area (Å²) >= 11 is 0. The van der Waals surface area contributed by atoms with Crippen molar-refractivity contribution in [1.82, 2.24) is 0 Å². The third kappa shape index (κ3) is 2.81. The maximum absolute atomic E-state index is 10.8. The van der Waals surface area contributed by atoms with Crippen molar-refractivity contribution < 1.29 is 9.90 Å². The van der Waals surface area contributed by atoms with Gasteiger partial charge >= 0.3 is 5.97 Å². The van der Waals surface area contributed by atoms with Gasteiger partial charge in [-0.15, -0.1) is 0 Å². The molecule has 12 heavy (non-hydrogen) atoms. The van der Waals surface area contributed by atoms with Crippen molar-refractivity contribution in [1.29, 1.82) is 0 Å². The van der Waals surface area contributed by atoms with Gasteiger partial charge in [-0.3, -0.25) is 4.79 Å². The van der Waals surface area contributed by atoms with Gasteiger partial charge in [0.2, 0.25) is 0 Å². The first-order valence-electron chi connectivity index (χ1n) is 4.27. The minimum atomic E-state index is -0.823. The van der Waals surface area contributed by atoms with Crippen LogP contribution in [0.5, 0.6) is 0 Å². The van der Waals surface area contributed by atoms with Crippen LogP contribution in [0.3, 0.4) is 0 Å². The highest BCUT2D eigenvalue weighted by Crippen LogP contribution is 2.23. The summed E-state index contributed by atoms with van der Waals surface area (Å²) in [7, 11) is 0. The van der Waals surface area contributed by atoms with Crippen LogP contribution in [-0.2, 0) is 4.79 Å². The summed E-state index contributed by atoms with van der Waals surface area (Å²) in [5.41, 5.74) is 4.96. The molecule has 1 atom stereocenters. The average molecular weight is 173 g/mol. The molecule has 3 nitrogen and oxygen atoms in total. The van der Waals surface area contributed by atoms with Gasteiger partial charge in [0, 0.05) is 6.04 Å². The third-order valence-electron chi connectivity index (χ3n) is 2.20. The van der Waals surface area contributed by atoms with E-state index in [2.05, 4.69) is 0 Å². The molecule has 0 aromatic rings. The molecule has 0 aromatic carbocycles. The van der Waals surface area contributed by atoms with E-state index >= 15 is 0 Å². The fourth-order valence-corrected chi connectivity index (χ4v) is 0.961. The zero-order chi connectivity index (χ0) is 9.94. The van der Waals surface area contributed by atoms with Crippen LogP contribution in [0.1, 0.15) is 34.1 Å². The van der Waals surface area contributed by atoms with Crippen LogP contribution in [0.4, 0.5) is 0 Å². The molecule has 3 N–H and O–H groups in total. The molecule has 0 spiro atoms. The second-order valence-electron chi connectivity index (χ2n) is 4.26. The summed E-state index contributed by atoms with van der Waals surface area (Å²) in [6.45, 7) is 7.42. The lowest BCUT2D eigenvalue weighted by atomic mass is 9.81. The summed E-state index contributed by atoms with van der Waals surface area (Å²) < 4.78 is 0. The molecule has 0 heterocycles. The number of rotatable bonds is 4. The lowest BCUT2D eigenvalue weighted by Crippen LogP contribution is -2.43. The van der Waals surface area contributed by atoms with E-state index in [0.29, 0.717) is 5.92 Å². The Balaban J connectivity index is 4.25. The summed E-state index contributed by atoms with van der Waals surface area (Å²) in [6, 6.07) is -0.269. The highest BCUT2D eigenvalue weighted by molar-refractivity contribution is 5.74. The van der Waals surface area contributed by atoms with Gasteiger partial charge in [-0.25, -0.2) is 0 Å². The second-order valence-corrected chi connectivity index (χ2v) is 4.26. The highest BCUT2D eigenvalue weighted by atomic mass is 16.4. The van der Waals surface area contributed by atoms with Crippen molar-refractivity contribution in [3.8, 4) is 0 Å². The predicted molar refractivity (Wildman–Crippen MR) is 48.8 cm³/mol. The molecule has 0 saturated heterocycles. The Labute approximate surface area is 74.0 Å². The molecule has 0 aromatic heterocycles. The number of hydrogen-bond acceptors (Lipinski definition) is 2. The topological polar surface area (TPSA) is 63.3 Å². The molecule has 0 aliphatic heterocycles. The Bertz CT molecular complexity index is 164. The molecular formula is C9H19NO2. The summed E-state index contributed by atoms with van der Waals surface area (Å²) in [5, 5.41) is 8.84. The van der Waals surface area contributed by atoms with E-state index in [9.17, 15) is 4.79 Å². The molecule has 1 unspecified atom stereocenters. The molecule has 0 aliphatic carbocycles. The van der Waals surface area contributed by atoms with Crippen molar-refractivity contribution in [2.75, 3.05) is 0 Å². The minimum Gasteiger partial charge on any atom is -0.481 e. The first-order chi connectivity index (χ1) is 5.28.